The van der Waals surface area contributed by atoms with Crippen molar-refractivity contribution in [2.75, 3.05) is 0 Å². The fraction of sp³-hybridized carbons (Fsp3) is 0.304. The van der Waals surface area contributed by atoms with Crippen molar-refractivity contribution >= 4 is 67.9 Å². The standard InChI is InChI=1S/C13H13N7O2S.C12H13N7O2S.C11H11N7O2S.C10H8IN7O2S/c1-19-13(21)20(18-17-19)10-6-15-16-11(8-2-3-8)9(10)7-22-12-14-4-5-23-12;1-3-9-8(7-21-11-13-4-5-22-11)10(6-14-15-9)19-12(20)18(2)16-17-19;1-7-8(6-20-10-12-3-4-21-10)9(5-13-14-7)18-11(19)17(2)15-16-18;1-17-10(19)18(16-15-17)7-4-13-14-8(11)6(7)5-20-9-12-2-3-21-9/h4-6,8H,2-3,7H2,1H3;4-6H,3,7H2,1-2H3;3-5H,6H2,1-2H3;2-4H,5H2,1H3/i2*4T;3T;2T. The number of hydrogen-bond acceptors (Lipinski definition) is 32. The van der Waals surface area contributed by atoms with Gasteiger partial charge in [-0.3, -0.25) is 0 Å². The molecule has 0 spiro atoms. The van der Waals surface area contributed by atoms with Crippen LogP contribution in [-0.4, -0.2) is 140 Å². The highest BCUT2D eigenvalue weighted by Gasteiger charge is 2.31. The second-order valence-electron chi connectivity index (χ2n) is 17.5. The maximum atomic E-state index is 12.2. The Morgan fingerprint density at radius 3 is 1.21 bits per heavy atom. The van der Waals surface area contributed by atoms with E-state index < -0.39 is 11.4 Å². The van der Waals surface area contributed by atoms with Crippen molar-refractivity contribution in [1.29, 1.82) is 0 Å². The van der Waals surface area contributed by atoms with E-state index in [9.17, 15) is 19.2 Å². The summed E-state index contributed by atoms with van der Waals surface area (Å²) in [7, 11) is 6.06. The van der Waals surface area contributed by atoms with E-state index in [0.29, 0.717) is 87.6 Å². The Hall–Kier alpha value is -9.75. The van der Waals surface area contributed by atoms with Gasteiger partial charge in [0.1, 0.15) is 52.9 Å². The molecule has 0 aromatic carbocycles. The van der Waals surface area contributed by atoms with Gasteiger partial charge in [0, 0.05) is 97.0 Å². The van der Waals surface area contributed by atoms with E-state index in [0.717, 1.165) is 56.9 Å². The van der Waals surface area contributed by atoms with Gasteiger partial charge < -0.3 is 18.9 Å². The molecule has 12 aromatic rings. The minimum Gasteiger partial charge on any atom is -0.465 e. The molecule has 448 valence electrons. The maximum Gasteiger partial charge on any atom is 0.368 e. The zero-order valence-electron chi connectivity index (χ0n) is 49.9. The maximum absolute atomic E-state index is 12.2. The van der Waals surface area contributed by atoms with Crippen molar-refractivity contribution in [1.82, 2.24) is 140 Å². The number of ether oxygens (including phenoxy) is 4. The fourth-order valence-electron chi connectivity index (χ4n) is 7.43. The molecule has 1 aliphatic carbocycles. The highest BCUT2D eigenvalue weighted by Crippen LogP contribution is 2.41. The first-order valence-electron chi connectivity index (χ1n) is 27.0. The van der Waals surface area contributed by atoms with Gasteiger partial charge in [-0.1, -0.05) is 52.3 Å². The minimum atomic E-state index is -0.396. The number of hydrogen-bond donors (Lipinski definition) is 0. The highest BCUT2D eigenvalue weighted by molar-refractivity contribution is 14.1. The first kappa shape index (κ1) is 55.1. The molecule has 1 aliphatic rings. The van der Waals surface area contributed by atoms with Gasteiger partial charge >= 0.3 is 22.8 Å². The second kappa shape index (κ2) is 28.0. The highest BCUT2D eigenvalue weighted by atomic mass is 127. The number of rotatable bonds is 18. The van der Waals surface area contributed by atoms with Crippen molar-refractivity contribution in [3.8, 4) is 43.5 Å². The molecule has 0 saturated heterocycles. The first-order valence-corrected chi connectivity index (χ1v) is 29.6. The van der Waals surface area contributed by atoms with Crippen LogP contribution in [0.2, 0.25) is 0 Å². The molecule has 12 heterocycles. The largest absolute Gasteiger partial charge is 0.465 e. The number of tetrazole rings is 4. The van der Waals surface area contributed by atoms with Crippen LogP contribution in [0.3, 0.4) is 0 Å². The molecular formula is C46H45IN28O8S4. The van der Waals surface area contributed by atoms with Crippen LogP contribution in [0, 0.1) is 10.6 Å². The summed E-state index contributed by atoms with van der Waals surface area (Å²) >= 11 is 6.93. The van der Waals surface area contributed by atoms with Crippen LogP contribution in [0.25, 0.3) is 22.7 Å². The van der Waals surface area contributed by atoms with E-state index in [2.05, 4.69) is 102 Å². The summed E-state index contributed by atoms with van der Waals surface area (Å²) in [6, 6.07) is 0. The third-order valence-electron chi connectivity index (χ3n) is 11.9. The summed E-state index contributed by atoms with van der Waals surface area (Å²) in [6.45, 7) is 4.26. The Balaban J connectivity index is 0.000000133. The average Bonchev–Trinajstić information content (AvgIpc) is 2.09. The fourth-order valence-corrected chi connectivity index (χ4v) is 9.74. The quantitative estimate of drug-likeness (QED) is 0.110. The monoisotopic (exact) mass is 1380 g/mol. The molecule has 0 atom stereocenters. The molecule has 0 amide bonds. The summed E-state index contributed by atoms with van der Waals surface area (Å²) in [4.78, 5) is 63.9. The molecule has 87 heavy (non-hydrogen) atoms. The number of thiazole rings is 4. The van der Waals surface area contributed by atoms with E-state index in [-0.39, 0.29) is 62.5 Å². The molecule has 1 fully saturated rings. The SMILES string of the molecule is [3H]c1csc(OCc2c(-n3nnn(C)c3=O)cnnc2C)n1.[3H]c1csc(OCc2c(-n3nnn(C)c3=O)cnnc2C2CC2)n1.[3H]c1csc(OCc2c(-n3nnn(C)c3=O)cnnc2CC)n1.[3H]c1csc(OCc2c(-n3nnn(C)c3=O)cnnc2I)n1. The van der Waals surface area contributed by atoms with Crippen LogP contribution in [0.4, 0.5) is 0 Å². The molecular weight excluding hydrogens is 1330 g/mol. The Morgan fingerprint density at radius 1 is 0.483 bits per heavy atom. The molecule has 0 radical (unpaired) electrons. The lowest BCUT2D eigenvalue weighted by Gasteiger charge is -2.11. The van der Waals surface area contributed by atoms with Crippen LogP contribution >= 0.6 is 67.9 Å². The number of aryl methyl sites for hydroxylation is 6. The number of nitrogens with zero attached hydrogens (tertiary/aromatic N) is 28. The van der Waals surface area contributed by atoms with Gasteiger partial charge in [0.15, 0.2) is 0 Å². The Labute approximate surface area is 522 Å². The smallest absolute Gasteiger partial charge is 0.368 e. The van der Waals surface area contributed by atoms with Gasteiger partial charge in [0.2, 0.25) is 0 Å². The van der Waals surface area contributed by atoms with Gasteiger partial charge in [-0.15, -0.1) is 5.10 Å². The predicted molar refractivity (Wildman–Crippen MR) is 313 cm³/mol. The third kappa shape index (κ3) is 14.3. The molecule has 0 N–H and O–H groups in total. The van der Waals surface area contributed by atoms with Gasteiger partial charge in [0.05, 0.1) is 52.9 Å². The molecule has 41 heteroatoms. The van der Waals surface area contributed by atoms with E-state index in [1.807, 2.05) is 29.5 Å². The number of aromatic nitrogens is 28. The summed E-state index contributed by atoms with van der Waals surface area (Å²) < 4.78 is 61.7. The van der Waals surface area contributed by atoms with E-state index in [1.165, 1.54) is 103 Å². The third-order valence-corrected chi connectivity index (χ3v) is 15.3. The van der Waals surface area contributed by atoms with Crippen LogP contribution < -0.4 is 41.7 Å². The second-order valence-corrected chi connectivity index (χ2v) is 21.8. The van der Waals surface area contributed by atoms with E-state index in [4.69, 9.17) is 24.4 Å². The van der Waals surface area contributed by atoms with Crippen LogP contribution in [0.1, 0.15) is 70.5 Å². The summed E-state index contributed by atoms with van der Waals surface area (Å²) in [5, 5.41) is 69.8. The van der Waals surface area contributed by atoms with Crippen LogP contribution in [0.5, 0.6) is 20.8 Å². The summed E-state index contributed by atoms with van der Waals surface area (Å²) in [6.07, 6.45) is 9.09. The van der Waals surface area contributed by atoms with Crippen LogP contribution in [0.15, 0.2) is 90.2 Å². The average molecular weight is 1380 g/mol. The molecule has 12 aromatic heterocycles. The zero-order valence-corrected chi connectivity index (χ0v) is 51.4. The van der Waals surface area contributed by atoms with Crippen molar-refractivity contribution in [2.45, 2.75) is 65.5 Å². The summed E-state index contributed by atoms with van der Waals surface area (Å²) in [5.74, 6) is 0.325. The lowest BCUT2D eigenvalue weighted by atomic mass is 10.1. The van der Waals surface area contributed by atoms with Gasteiger partial charge in [-0.25, -0.2) is 39.1 Å². The lowest BCUT2D eigenvalue weighted by Crippen LogP contribution is -2.24. The molecule has 36 nitrogen and oxygen atoms in total. The molecule has 0 aliphatic heterocycles. The molecule has 0 unspecified atom stereocenters. The zero-order chi connectivity index (χ0) is 64.5. The van der Waals surface area contributed by atoms with E-state index >= 15 is 0 Å². The Bertz CT molecular complexity index is 4620. The summed E-state index contributed by atoms with van der Waals surface area (Å²) in [5.41, 5.74) is 5.18. The van der Waals surface area contributed by atoms with Crippen molar-refractivity contribution in [3.05, 3.63) is 156 Å². The van der Waals surface area contributed by atoms with Crippen LogP contribution in [-0.2, 0) is 61.0 Å². The normalized spacial score (nSPS) is 12.3. The molecule has 0 bridgehead atoms. The van der Waals surface area contributed by atoms with Gasteiger partial charge in [0.25, 0.3) is 20.8 Å². The molecule has 1 saturated carbocycles. The lowest BCUT2D eigenvalue weighted by molar-refractivity contribution is 0.301. The Kier molecular flexibility index (Phi) is 17.7. The van der Waals surface area contributed by atoms with Gasteiger partial charge in [-0.05, 0) is 90.5 Å². The minimum absolute atomic E-state index is 0.124. The number of halogens is 1. The van der Waals surface area contributed by atoms with Crippen molar-refractivity contribution in [2.24, 2.45) is 28.2 Å². The van der Waals surface area contributed by atoms with E-state index in [1.54, 1.807) is 28.4 Å². The molecule has 13 rings (SSSR count). The van der Waals surface area contributed by atoms with Crippen molar-refractivity contribution in [3.63, 3.8) is 0 Å². The van der Waals surface area contributed by atoms with Gasteiger partial charge in [-0.2, -0.15) is 73.1 Å². The topological polar surface area (TPSA) is 402 Å². The Morgan fingerprint density at radius 2 is 0.828 bits per heavy atom. The first-order chi connectivity index (χ1) is 43.8. The predicted octanol–water partition coefficient (Wildman–Crippen LogP) is 1.52. The van der Waals surface area contributed by atoms with Crippen molar-refractivity contribution < 1.29 is 24.4 Å².